The number of hydrogen-bond acceptors (Lipinski definition) is 4. The second kappa shape index (κ2) is 5.61. The summed E-state index contributed by atoms with van der Waals surface area (Å²) in [7, 11) is -3.74. The molecule has 1 aromatic carbocycles. The molecule has 0 spiro atoms. The Morgan fingerprint density at radius 3 is 2.57 bits per heavy atom. The molecule has 21 heavy (non-hydrogen) atoms. The lowest BCUT2D eigenvalue weighted by atomic mass is 10.3. The Labute approximate surface area is 122 Å². The van der Waals surface area contributed by atoms with Crippen LogP contribution >= 0.6 is 0 Å². The van der Waals surface area contributed by atoms with Crippen LogP contribution in [0.15, 0.2) is 45.7 Å². The van der Waals surface area contributed by atoms with Crippen molar-refractivity contribution in [1.29, 1.82) is 0 Å². The molecule has 3 rings (SSSR count). The zero-order valence-corrected chi connectivity index (χ0v) is 12.2. The molecular weight excluding hydrogens is 293 g/mol. The van der Waals surface area contributed by atoms with Crippen molar-refractivity contribution in [3.05, 3.63) is 53.7 Å². The lowest BCUT2D eigenvalue weighted by Gasteiger charge is -2.04. The molecule has 1 aliphatic carbocycles. The van der Waals surface area contributed by atoms with Gasteiger partial charge in [0.25, 0.3) is 0 Å². The van der Waals surface area contributed by atoms with Gasteiger partial charge in [0.15, 0.2) is 9.84 Å². The first-order valence-electron chi connectivity index (χ1n) is 6.83. The number of rotatable bonds is 6. The molecule has 0 aliphatic heterocycles. The number of furan rings is 1. The van der Waals surface area contributed by atoms with Gasteiger partial charge in [-0.25, -0.2) is 12.8 Å². The molecule has 1 fully saturated rings. The van der Waals surface area contributed by atoms with Gasteiger partial charge in [-0.2, -0.15) is 0 Å². The molecule has 2 aromatic rings. The van der Waals surface area contributed by atoms with Crippen molar-refractivity contribution in [2.45, 2.75) is 36.1 Å². The van der Waals surface area contributed by atoms with Crippen LogP contribution in [0.4, 0.5) is 4.39 Å². The lowest BCUT2D eigenvalue weighted by Crippen LogP contribution is -2.14. The number of hydrogen-bond donors (Lipinski definition) is 1. The summed E-state index contributed by atoms with van der Waals surface area (Å²) in [5.41, 5.74) is 0. The van der Waals surface area contributed by atoms with Gasteiger partial charge >= 0.3 is 0 Å². The van der Waals surface area contributed by atoms with Crippen LogP contribution in [0.5, 0.6) is 0 Å². The summed E-state index contributed by atoms with van der Waals surface area (Å²) in [4.78, 5) is -0.293. The number of nitrogens with one attached hydrogen (secondary N) is 1. The van der Waals surface area contributed by atoms with E-state index in [1.165, 1.54) is 31.0 Å². The van der Waals surface area contributed by atoms with E-state index in [1.54, 1.807) is 12.1 Å². The van der Waals surface area contributed by atoms with E-state index in [4.69, 9.17) is 4.42 Å². The second-order valence-electron chi connectivity index (χ2n) is 5.21. The van der Waals surface area contributed by atoms with Gasteiger partial charge in [-0.15, -0.1) is 0 Å². The summed E-state index contributed by atoms with van der Waals surface area (Å²) in [6.45, 7) is 0.588. The van der Waals surface area contributed by atoms with Crippen molar-refractivity contribution in [2.24, 2.45) is 0 Å². The van der Waals surface area contributed by atoms with Gasteiger partial charge in [0.2, 0.25) is 0 Å². The third kappa shape index (κ3) is 3.51. The molecular formula is C15H16FNO3S. The predicted molar refractivity (Wildman–Crippen MR) is 75.9 cm³/mol. The standard InChI is InChI=1S/C15H16FNO3S/c16-14-3-1-2-4-15(14)21(18,19)10-13-8-7-12(20-13)9-17-11-5-6-11/h1-4,7-8,11,17H,5-6,9-10H2. The topological polar surface area (TPSA) is 59.3 Å². The van der Waals surface area contributed by atoms with Crippen LogP contribution in [0.3, 0.4) is 0 Å². The van der Waals surface area contributed by atoms with Gasteiger partial charge in [-0.05, 0) is 37.1 Å². The van der Waals surface area contributed by atoms with E-state index in [2.05, 4.69) is 5.32 Å². The van der Waals surface area contributed by atoms with Gasteiger partial charge in [0, 0.05) is 6.04 Å². The minimum atomic E-state index is -3.74. The van der Waals surface area contributed by atoms with Crippen molar-refractivity contribution in [1.82, 2.24) is 5.32 Å². The second-order valence-corrected chi connectivity index (χ2v) is 7.17. The van der Waals surface area contributed by atoms with Crippen LogP contribution in [-0.4, -0.2) is 14.5 Å². The Balaban J connectivity index is 1.71. The summed E-state index contributed by atoms with van der Waals surface area (Å²) in [5.74, 6) is -0.0525. The van der Waals surface area contributed by atoms with E-state index in [-0.39, 0.29) is 10.6 Å². The highest BCUT2D eigenvalue weighted by Crippen LogP contribution is 2.22. The van der Waals surface area contributed by atoms with Crippen molar-refractivity contribution in [3.63, 3.8) is 0 Å². The summed E-state index contributed by atoms with van der Waals surface area (Å²) in [6, 6.07) is 9.31. The fourth-order valence-corrected chi connectivity index (χ4v) is 3.43. The SMILES string of the molecule is O=S(=O)(Cc1ccc(CNC2CC2)o1)c1ccccc1F. The van der Waals surface area contributed by atoms with E-state index < -0.39 is 15.7 Å². The average Bonchev–Trinajstić information content (AvgIpc) is 3.17. The molecule has 0 radical (unpaired) electrons. The third-order valence-corrected chi connectivity index (χ3v) is 5.03. The molecule has 0 bridgehead atoms. The van der Waals surface area contributed by atoms with Crippen molar-refractivity contribution >= 4 is 9.84 Å². The Morgan fingerprint density at radius 1 is 1.14 bits per heavy atom. The Morgan fingerprint density at radius 2 is 1.86 bits per heavy atom. The molecule has 0 atom stereocenters. The molecule has 0 saturated heterocycles. The van der Waals surface area contributed by atoms with Crippen LogP contribution in [0.1, 0.15) is 24.4 Å². The molecule has 1 saturated carbocycles. The largest absolute Gasteiger partial charge is 0.464 e. The van der Waals surface area contributed by atoms with Gasteiger partial charge in [-0.1, -0.05) is 12.1 Å². The zero-order valence-electron chi connectivity index (χ0n) is 11.4. The maximum Gasteiger partial charge on any atom is 0.188 e. The number of halogens is 1. The Hall–Kier alpha value is -1.66. The Kier molecular flexibility index (Phi) is 3.82. The maximum atomic E-state index is 13.6. The molecule has 4 nitrogen and oxygen atoms in total. The van der Waals surface area contributed by atoms with Crippen LogP contribution < -0.4 is 5.32 Å². The fraction of sp³-hybridized carbons (Fsp3) is 0.333. The quantitative estimate of drug-likeness (QED) is 0.891. The molecule has 0 unspecified atom stereocenters. The Bertz CT molecular complexity index is 735. The minimum absolute atomic E-state index is 0.293. The summed E-state index contributed by atoms with van der Waals surface area (Å²) < 4.78 is 43.5. The predicted octanol–water partition coefficient (Wildman–Crippen LogP) is 2.64. The third-order valence-electron chi connectivity index (χ3n) is 3.36. The van der Waals surface area contributed by atoms with Crippen LogP contribution in [-0.2, 0) is 22.1 Å². The first-order valence-corrected chi connectivity index (χ1v) is 8.48. The minimum Gasteiger partial charge on any atom is -0.464 e. The molecule has 1 aliphatic rings. The highest BCUT2D eigenvalue weighted by atomic mass is 32.2. The normalized spacial score (nSPS) is 15.3. The molecule has 1 aromatic heterocycles. The highest BCUT2D eigenvalue weighted by molar-refractivity contribution is 7.90. The highest BCUT2D eigenvalue weighted by Gasteiger charge is 2.22. The summed E-state index contributed by atoms with van der Waals surface area (Å²) >= 11 is 0. The molecule has 1 heterocycles. The lowest BCUT2D eigenvalue weighted by molar-refractivity contribution is 0.455. The van der Waals surface area contributed by atoms with Gasteiger partial charge < -0.3 is 9.73 Å². The molecule has 6 heteroatoms. The molecule has 112 valence electrons. The number of sulfone groups is 1. The van der Waals surface area contributed by atoms with E-state index in [0.717, 1.165) is 6.07 Å². The first kappa shape index (κ1) is 14.3. The fourth-order valence-electron chi connectivity index (χ4n) is 2.09. The number of benzene rings is 1. The van der Waals surface area contributed by atoms with Crippen LogP contribution in [0.2, 0.25) is 0 Å². The van der Waals surface area contributed by atoms with Gasteiger partial charge in [0.1, 0.15) is 28.0 Å². The maximum absolute atomic E-state index is 13.6. The monoisotopic (exact) mass is 309 g/mol. The van der Waals surface area contributed by atoms with E-state index in [1.807, 2.05) is 0 Å². The van der Waals surface area contributed by atoms with Crippen molar-refractivity contribution in [2.75, 3.05) is 0 Å². The van der Waals surface area contributed by atoms with E-state index in [0.29, 0.717) is 24.1 Å². The first-order chi connectivity index (χ1) is 10.0. The molecule has 0 amide bonds. The summed E-state index contributed by atoms with van der Waals surface area (Å²) in [6.07, 6.45) is 2.35. The molecule has 1 N–H and O–H groups in total. The average molecular weight is 309 g/mol. The van der Waals surface area contributed by atoms with Crippen LogP contribution in [0.25, 0.3) is 0 Å². The van der Waals surface area contributed by atoms with Gasteiger partial charge in [-0.3, -0.25) is 0 Å². The van der Waals surface area contributed by atoms with Crippen LogP contribution in [0, 0.1) is 5.82 Å². The smallest absolute Gasteiger partial charge is 0.188 e. The van der Waals surface area contributed by atoms with Crippen molar-refractivity contribution in [3.8, 4) is 0 Å². The van der Waals surface area contributed by atoms with Gasteiger partial charge in [0.05, 0.1) is 6.54 Å². The summed E-state index contributed by atoms with van der Waals surface area (Å²) in [5, 5.41) is 3.29. The zero-order chi connectivity index (χ0) is 14.9. The van der Waals surface area contributed by atoms with E-state index >= 15 is 0 Å². The van der Waals surface area contributed by atoms with E-state index in [9.17, 15) is 12.8 Å². The van der Waals surface area contributed by atoms with Crippen molar-refractivity contribution < 1.29 is 17.2 Å².